The van der Waals surface area contributed by atoms with Crippen molar-refractivity contribution in [3.8, 4) is 0 Å². The molecule has 0 spiro atoms. The second-order valence-corrected chi connectivity index (χ2v) is 8.55. The predicted octanol–water partition coefficient (Wildman–Crippen LogP) is 1.31. The highest BCUT2D eigenvalue weighted by molar-refractivity contribution is 6.82. The molecule has 0 rings (SSSR count). The van der Waals surface area contributed by atoms with Crippen molar-refractivity contribution in [2.75, 3.05) is 6.61 Å². The molecule has 0 aliphatic heterocycles. The molecule has 0 aliphatic rings. The van der Waals surface area contributed by atoms with E-state index in [9.17, 15) is 4.79 Å². The first-order valence-corrected chi connectivity index (χ1v) is 7.77. The summed E-state index contributed by atoms with van der Waals surface area (Å²) in [5.41, 5.74) is 7.61. The molecule has 0 aromatic heterocycles. The van der Waals surface area contributed by atoms with Crippen LogP contribution in [0.25, 0.3) is 0 Å². The highest BCUT2D eigenvalue weighted by Crippen LogP contribution is 2.12. The van der Waals surface area contributed by atoms with Crippen LogP contribution in [0, 0.1) is 0 Å². The Labute approximate surface area is 81.0 Å². The summed E-state index contributed by atoms with van der Waals surface area (Å²) in [6, 6.07) is 0.217. The maximum atomic E-state index is 11.2. The van der Waals surface area contributed by atoms with Crippen LogP contribution in [0.2, 0.25) is 19.1 Å². The van der Waals surface area contributed by atoms with Crippen LogP contribution in [-0.4, -0.2) is 26.7 Å². The molecular formula is C9H19NO2Si. The van der Waals surface area contributed by atoms with Gasteiger partial charge in [0, 0.05) is 0 Å². The summed E-state index contributed by atoms with van der Waals surface area (Å²) >= 11 is 0. The van der Waals surface area contributed by atoms with Gasteiger partial charge in [0.1, 0.15) is 6.04 Å². The highest BCUT2D eigenvalue weighted by Gasteiger charge is 2.25. The quantitative estimate of drug-likeness (QED) is 0.539. The average molecular weight is 201 g/mol. The molecule has 0 bridgehead atoms. The lowest BCUT2D eigenvalue weighted by molar-refractivity contribution is -0.144. The van der Waals surface area contributed by atoms with Gasteiger partial charge in [-0.2, -0.15) is 0 Å². The summed E-state index contributed by atoms with van der Waals surface area (Å²) in [7, 11) is -1.49. The van der Waals surface area contributed by atoms with E-state index in [1.165, 1.54) is 0 Å². The van der Waals surface area contributed by atoms with Gasteiger partial charge in [0.25, 0.3) is 0 Å². The molecule has 0 radical (unpaired) electrons. The fraction of sp³-hybridized carbons (Fsp3) is 0.667. The molecule has 3 nitrogen and oxygen atoms in total. The number of carbonyl (C=O) groups is 1. The second kappa shape index (κ2) is 5.19. The van der Waals surface area contributed by atoms with Crippen molar-refractivity contribution < 1.29 is 9.53 Å². The van der Waals surface area contributed by atoms with Crippen LogP contribution in [0.1, 0.15) is 6.92 Å². The van der Waals surface area contributed by atoms with Gasteiger partial charge in [0.2, 0.25) is 0 Å². The van der Waals surface area contributed by atoms with Crippen LogP contribution >= 0.6 is 0 Å². The lowest BCUT2D eigenvalue weighted by atomic mass is 10.4. The van der Waals surface area contributed by atoms with E-state index in [2.05, 4.69) is 19.7 Å². The van der Waals surface area contributed by atoms with E-state index >= 15 is 0 Å². The van der Waals surface area contributed by atoms with Crippen molar-refractivity contribution in [3.05, 3.63) is 12.3 Å². The summed E-state index contributed by atoms with van der Waals surface area (Å²) in [4.78, 5) is 11.2. The maximum Gasteiger partial charge on any atom is 0.322 e. The number of rotatable bonds is 5. The Bertz CT molecular complexity index is 192. The fourth-order valence-corrected chi connectivity index (χ4v) is 2.45. The Balaban J connectivity index is 4.06. The molecule has 0 heterocycles. The first-order valence-electron chi connectivity index (χ1n) is 4.48. The minimum absolute atomic E-state index is 0.301. The topological polar surface area (TPSA) is 52.3 Å². The first-order chi connectivity index (χ1) is 5.93. The van der Waals surface area contributed by atoms with E-state index in [1.807, 2.05) is 5.70 Å². The number of esters is 1. The molecule has 2 N–H and O–H groups in total. The van der Waals surface area contributed by atoms with Crippen molar-refractivity contribution >= 4 is 14.0 Å². The van der Waals surface area contributed by atoms with Gasteiger partial charge >= 0.3 is 5.97 Å². The molecule has 0 fully saturated rings. The molecule has 13 heavy (non-hydrogen) atoms. The number of nitrogens with two attached hydrogens (primary N) is 1. The third kappa shape index (κ3) is 4.85. The SMILES string of the molecule is C=C[Si](C)(C)C[C@H](N)C(=O)OCC. The van der Waals surface area contributed by atoms with Gasteiger partial charge in [0.15, 0.2) is 0 Å². The van der Waals surface area contributed by atoms with Gasteiger partial charge in [-0.15, -0.1) is 12.3 Å². The Hall–Kier alpha value is -0.613. The van der Waals surface area contributed by atoms with Crippen molar-refractivity contribution in [2.45, 2.75) is 32.1 Å². The smallest absolute Gasteiger partial charge is 0.322 e. The molecule has 4 heteroatoms. The monoisotopic (exact) mass is 201 g/mol. The van der Waals surface area contributed by atoms with Crippen molar-refractivity contribution in [1.29, 1.82) is 0 Å². The summed E-state index contributed by atoms with van der Waals surface area (Å²) < 4.78 is 4.82. The Morgan fingerprint density at radius 3 is 2.62 bits per heavy atom. The van der Waals surface area contributed by atoms with Gasteiger partial charge in [-0.3, -0.25) is 4.79 Å². The lowest BCUT2D eigenvalue weighted by Crippen LogP contribution is -2.40. The second-order valence-electron chi connectivity index (χ2n) is 3.76. The van der Waals surface area contributed by atoms with Gasteiger partial charge in [-0.25, -0.2) is 0 Å². The van der Waals surface area contributed by atoms with Gasteiger partial charge in [-0.05, 0) is 13.0 Å². The first kappa shape index (κ1) is 12.4. The lowest BCUT2D eigenvalue weighted by Gasteiger charge is -2.20. The van der Waals surface area contributed by atoms with Gasteiger partial charge in [0.05, 0.1) is 14.7 Å². The van der Waals surface area contributed by atoms with Crippen molar-refractivity contribution in [1.82, 2.24) is 0 Å². The van der Waals surface area contributed by atoms with E-state index in [0.29, 0.717) is 12.7 Å². The van der Waals surface area contributed by atoms with Gasteiger partial charge < -0.3 is 10.5 Å². The minimum atomic E-state index is -1.49. The normalized spacial score (nSPS) is 13.5. The number of carbonyl (C=O) groups excluding carboxylic acids is 1. The molecule has 0 amide bonds. The molecule has 0 aliphatic carbocycles. The summed E-state index contributed by atoms with van der Waals surface area (Å²) in [5, 5.41) is 0. The molecule has 1 atom stereocenters. The Kier molecular flexibility index (Phi) is 4.94. The fourth-order valence-electron chi connectivity index (χ4n) is 0.983. The molecule has 0 aromatic rings. The summed E-state index contributed by atoms with van der Waals surface area (Å²) in [5.74, 6) is -0.301. The summed E-state index contributed by atoms with van der Waals surface area (Å²) in [6.07, 6.45) is 0. The summed E-state index contributed by atoms with van der Waals surface area (Å²) in [6.45, 7) is 10.2. The largest absolute Gasteiger partial charge is 0.465 e. The standard InChI is InChI=1S/C9H19NO2Si/c1-5-12-9(11)8(10)7-13(3,4)6-2/h6,8H,2,5,7,10H2,1,3-4H3/t8-/m0/s1. The van der Waals surface area contributed by atoms with E-state index in [4.69, 9.17) is 10.5 Å². The third-order valence-corrected chi connectivity index (χ3v) is 4.49. The number of ether oxygens (including phenoxy) is 1. The van der Waals surface area contributed by atoms with Crippen LogP contribution in [0.15, 0.2) is 12.3 Å². The van der Waals surface area contributed by atoms with E-state index < -0.39 is 14.1 Å². The molecule has 0 aromatic carbocycles. The Morgan fingerprint density at radius 1 is 1.69 bits per heavy atom. The van der Waals surface area contributed by atoms with Crippen LogP contribution in [0.3, 0.4) is 0 Å². The molecular weight excluding hydrogens is 182 g/mol. The van der Waals surface area contributed by atoms with Crippen LogP contribution in [0.5, 0.6) is 0 Å². The minimum Gasteiger partial charge on any atom is -0.465 e. The van der Waals surface area contributed by atoms with Gasteiger partial charge in [-0.1, -0.05) is 13.1 Å². The molecule has 0 saturated heterocycles. The average Bonchev–Trinajstić information content (AvgIpc) is 2.04. The molecule has 0 saturated carbocycles. The molecule has 0 unspecified atom stereocenters. The zero-order valence-electron chi connectivity index (χ0n) is 8.67. The highest BCUT2D eigenvalue weighted by atomic mass is 28.3. The molecule has 76 valence electrons. The van der Waals surface area contributed by atoms with Crippen LogP contribution < -0.4 is 5.73 Å². The maximum absolute atomic E-state index is 11.2. The number of hydrogen-bond donors (Lipinski definition) is 1. The van der Waals surface area contributed by atoms with E-state index in [1.54, 1.807) is 6.92 Å². The zero-order valence-corrected chi connectivity index (χ0v) is 9.67. The predicted molar refractivity (Wildman–Crippen MR) is 57.1 cm³/mol. The zero-order chi connectivity index (χ0) is 10.5. The van der Waals surface area contributed by atoms with E-state index in [0.717, 1.165) is 0 Å². The van der Waals surface area contributed by atoms with Crippen LogP contribution in [-0.2, 0) is 9.53 Å². The number of hydrogen-bond acceptors (Lipinski definition) is 3. The van der Waals surface area contributed by atoms with E-state index in [-0.39, 0.29) is 5.97 Å². The van der Waals surface area contributed by atoms with Crippen LogP contribution in [0.4, 0.5) is 0 Å². The Morgan fingerprint density at radius 2 is 2.23 bits per heavy atom. The van der Waals surface area contributed by atoms with Crippen molar-refractivity contribution in [2.24, 2.45) is 5.73 Å². The third-order valence-electron chi connectivity index (χ3n) is 1.89. The van der Waals surface area contributed by atoms with Crippen molar-refractivity contribution in [3.63, 3.8) is 0 Å².